The summed E-state index contributed by atoms with van der Waals surface area (Å²) < 4.78 is 0. The van der Waals surface area contributed by atoms with Gasteiger partial charge >= 0.3 is 5.97 Å². The molecule has 0 aliphatic carbocycles. The number of amides is 1. The predicted octanol–water partition coefficient (Wildman–Crippen LogP) is 2.30. The van der Waals surface area contributed by atoms with Gasteiger partial charge in [0.05, 0.1) is 11.5 Å². The molecule has 0 bridgehead atoms. The van der Waals surface area contributed by atoms with Crippen LogP contribution in [0.5, 0.6) is 0 Å². The third-order valence-electron chi connectivity index (χ3n) is 4.44. The van der Waals surface area contributed by atoms with E-state index in [1.807, 2.05) is 6.07 Å². The summed E-state index contributed by atoms with van der Waals surface area (Å²) in [6.07, 6.45) is 6.43. The monoisotopic (exact) mass is 319 g/mol. The van der Waals surface area contributed by atoms with Crippen molar-refractivity contribution in [2.45, 2.75) is 45.6 Å². The summed E-state index contributed by atoms with van der Waals surface area (Å²) in [5, 5.41) is 11.7. The Labute approximate surface area is 136 Å². The number of nitrogens with zero attached hydrogens (tertiary/aromatic N) is 2. The highest BCUT2D eigenvalue weighted by atomic mass is 16.4. The maximum atomic E-state index is 12.2. The van der Waals surface area contributed by atoms with Crippen molar-refractivity contribution in [3.8, 4) is 0 Å². The fourth-order valence-corrected chi connectivity index (χ4v) is 2.64. The van der Waals surface area contributed by atoms with Crippen LogP contribution in [0.1, 0.15) is 49.9 Å². The maximum absolute atomic E-state index is 12.2. The van der Waals surface area contributed by atoms with E-state index >= 15 is 0 Å². The summed E-state index contributed by atoms with van der Waals surface area (Å²) in [5.41, 5.74) is 0.452. The zero-order valence-electron chi connectivity index (χ0n) is 13.8. The maximum Gasteiger partial charge on any atom is 0.308 e. The Kier molecular flexibility index (Phi) is 5.96. The van der Waals surface area contributed by atoms with Gasteiger partial charge in [0.15, 0.2) is 0 Å². The van der Waals surface area contributed by atoms with Gasteiger partial charge in [-0.15, -0.1) is 0 Å². The van der Waals surface area contributed by atoms with Gasteiger partial charge in [0.2, 0.25) is 0 Å². The van der Waals surface area contributed by atoms with Crippen molar-refractivity contribution in [2.24, 2.45) is 5.92 Å². The van der Waals surface area contributed by atoms with Crippen molar-refractivity contribution in [2.75, 3.05) is 18.0 Å². The average Bonchev–Trinajstić information content (AvgIpc) is 2.83. The Morgan fingerprint density at radius 1 is 1.17 bits per heavy atom. The van der Waals surface area contributed by atoms with E-state index < -0.39 is 17.9 Å². The van der Waals surface area contributed by atoms with E-state index in [1.165, 1.54) is 25.7 Å². The van der Waals surface area contributed by atoms with Gasteiger partial charge in [-0.05, 0) is 38.8 Å². The van der Waals surface area contributed by atoms with Crippen molar-refractivity contribution in [3.05, 3.63) is 23.9 Å². The fourth-order valence-electron chi connectivity index (χ4n) is 2.64. The Morgan fingerprint density at radius 2 is 1.83 bits per heavy atom. The van der Waals surface area contributed by atoms with Gasteiger partial charge in [0, 0.05) is 25.3 Å². The molecule has 1 amide bonds. The fraction of sp³-hybridized carbons (Fsp3) is 0.588. The molecule has 6 nitrogen and oxygen atoms in total. The van der Waals surface area contributed by atoms with Crippen LogP contribution in [0.25, 0.3) is 0 Å². The number of aliphatic carboxylic acids is 1. The van der Waals surface area contributed by atoms with Crippen LogP contribution in [0.2, 0.25) is 0 Å². The molecule has 0 radical (unpaired) electrons. The number of carboxylic acids is 1. The largest absolute Gasteiger partial charge is 0.481 e. The Morgan fingerprint density at radius 3 is 2.35 bits per heavy atom. The Hall–Kier alpha value is -2.11. The van der Waals surface area contributed by atoms with Gasteiger partial charge in [-0.25, -0.2) is 4.98 Å². The zero-order valence-corrected chi connectivity index (χ0v) is 13.8. The molecule has 0 aromatic carbocycles. The molecular weight excluding hydrogens is 294 g/mol. The lowest BCUT2D eigenvalue weighted by atomic mass is 10.0. The normalized spacial score (nSPS) is 17.9. The first kappa shape index (κ1) is 17.2. The average molecular weight is 319 g/mol. The molecule has 0 spiro atoms. The van der Waals surface area contributed by atoms with E-state index in [0.717, 1.165) is 18.9 Å². The SMILES string of the molecule is CC(NC(=O)c1ccc(N2CCCCCC2)nc1)C(C)C(=O)O. The lowest BCUT2D eigenvalue weighted by Gasteiger charge is -2.21. The highest BCUT2D eigenvalue weighted by Crippen LogP contribution is 2.17. The number of pyridine rings is 1. The first-order valence-corrected chi connectivity index (χ1v) is 8.23. The Balaban J connectivity index is 1.98. The molecule has 2 atom stereocenters. The molecule has 126 valence electrons. The minimum Gasteiger partial charge on any atom is -0.481 e. The van der Waals surface area contributed by atoms with Gasteiger partial charge in [0.1, 0.15) is 5.82 Å². The van der Waals surface area contributed by atoms with E-state index in [-0.39, 0.29) is 5.91 Å². The summed E-state index contributed by atoms with van der Waals surface area (Å²) in [6, 6.07) is 3.18. The van der Waals surface area contributed by atoms with Crippen LogP contribution < -0.4 is 10.2 Å². The molecule has 23 heavy (non-hydrogen) atoms. The van der Waals surface area contributed by atoms with E-state index in [4.69, 9.17) is 5.11 Å². The second kappa shape index (κ2) is 7.94. The molecule has 1 aliphatic rings. The van der Waals surface area contributed by atoms with Crippen LogP contribution >= 0.6 is 0 Å². The quantitative estimate of drug-likeness (QED) is 0.870. The van der Waals surface area contributed by atoms with E-state index in [0.29, 0.717) is 5.56 Å². The van der Waals surface area contributed by atoms with Crippen LogP contribution in [-0.4, -0.2) is 41.1 Å². The first-order valence-electron chi connectivity index (χ1n) is 8.23. The van der Waals surface area contributed by atoms with Gasteiger partial charge < -0.3 is 15.3 Å². The number of nitrogens with one attached hydrogen (secondary N) is 1. The second-order valence-electron chi connectivity index (χ2n) is 6.20. The highest BCUT2D eigenvalue weighted by Gasteiger charge is 2.21. The minimum absolute atomic E-state index is 0.291. The van der Waals surface area contributed by atoms with E-state index in [2.05, 4.69) is 15.2 Å². The number of aromatic nitrogens is 1. The van der Waals surface area contributed by atoms with Crippen LogP contribution in [0, 0.1) is 5.92 Å². The molecule has 1 aromatic rings. The zero-order chi connectivity index (χ0) is 16.8. The van der Waals surface area contributed by atoms with Crippen molar-refractivity contribution in [1.29, 1.82) is 0 Å². The second-order valence-corrected chi connectivity index (χ2v) is 6.20. The van der Waals surface area contributed by atoms with Gasteiger partial charge in [-0.1, -0.05) is 12.8 Å². The van der Waals surface area contributed by atoms with Crippen LogP contribution in [0.15, 0.2) is 18.3 Å². The van der Waals surface area contributed by atoms with Gasteiger partial charge in [0.25, 0.3) is 5.91 Å². The summed E-state index contributed by atoms with van der Waals surface area (Å²) in [4.78, 5) is 29.8. The third-order valence-corrected chi connectivity index (χ3v) is 4.44. The van der Waals surface area contributed by atoms with Crippen molar-refractivity contribution < 1.29 is 14.7 Å². The summed E-state index contributed by atoms with van der Waals surface area (Å²) >= 11 is 0. The molecule has 6 heteroatoms. The van der Waals surface area contributed by atoms with Crippen LogP contribution in [0.3, 0.4) is 0 Å². The number of carbonyl (C=O) groups is 2. The van der Waals surface area contributed by atoms with E-state index in [1.54, 1.807) is 26.1 Å². The number of carboxylic acid groups (broad SMARTS) is 1. The summed E-state index contributed by atoms with van der Waals surface area (Å²) in [7, 11) is 0. The predicted molar refractivity (Wildman–Crippen MR) is 88.6 cm³/mol. The van der Waals surface area contributed by atoms with Gasteiger partial charge in [-0.3, -0.25) is 9.59 Å². The van der Waals surface area contributed by atoms with Crippen molar-refractivity contribution in [3.63, 3.8) is 0 Å². The standard InChI is InChI=1S/C17H25N3O3/c1-12(17(22)23)13(2)19-16(21)14-7-8-15(18-11-14)20-9-5-3-4-6-10-20/h7-8,11-13H,3-6,9-10H2,1-2H3,(H,19,21)(H,22,23). The van der Waals surface area contributed by atoms with Crippen molar-refractivity contribution in [1.82, 2.24) is 10.3 Å². The lowest BCUT2D eigenvalue weighted by Crippen LogP contribution is -2.40. The minimum atomic E-state index is -0.924. The summed E-state index contributed by atoms with van der Waals surface area (Å²) in [5.74, 6) is -0.952. The number of hydrogen-bond acceptors (Lipinski definition) is 4. The van der Waals surface area contributed by atoms with Crippen LogP contribution in [-0.2, 0) is 4.79 Å². The summed E-state index contributed by atoms with van der Waals surface area (Å²) in [6.45, 7) is 5.28. The van der Waals surface area contributed by atoms with Crippen LogP contribution in [0.4, 0.5) is 5.82 Å². The molecule has 2 N–H and O–H groups in total. The molecule has 2 rings (SSSR count). The highest BCUT2D eigenvalue weighted by molar-refractivity contribution is 5.94. The topological polar surface area (TPSA) is 82.5 Å². The number of hydrogen-bond donors (Lipinski definition) is 2. The first-order chi connectivity index (χ1) is 11.0. The number of carbonyl (C=O) groups excluding carboxylic acids is 1. The van der Waals surface area contributed by atoms with Gasteiger partial charge in [-0.2, -0.15) is 0 Å². The molecule has 2 heterocycles. The number of anilines is 1. The smallest absolute Gasteiger partial charge is 0.308 e. The molecular formula is C17H25N3O3. The third kappa shape index (κ3) is 4.68. The van der Waals surface area contributed by atoms with E-state index in [9.17, 15) is 9.59 Å². The molecule has 0 saturated carbocycles. The van der Waals surface area contributed by atoms with Crippen molar-refractivity contribution >= 4 is 17.7 Å². The number of rotatable bonds is 5. The lowest BCUT2D eigenvalue weighted by molar-refractivity contribution is -0.141. The molecule has 1 aliphatic heterocycles. The molecule has 1 aromatic heterocycles. The molecule has 2 unspecified atom stereocenters. The Bertz CT molecular complexity index is 537. The molecule has 1 saturated heterocycles. The molecule has 1 fully saturated rings.